The van der Waals surface area contributed by atoms with E-state index in [9.17, 15) is 10.1 Å². The highest BCUT2D eigenvalue weighted by Crippen LogP contribution is 2.23. The van der Waals surface area contributed by atoms with E-state index in [0.717, 1.165) is 11.4 Å². The Morgan fingerprint density at radius 1 is 1.38 bits per heavy atom. The first-order valence-corrected chi connectivity index (χ1v) is 6.72. The third-order valence-electron chi connectivity index (χ3n) is 3.14. The second-order valence-corrected chi connectivity index (χ2v) is 4.66. The van der Waals surface area contributed by atoms with Gasteiger partial charge in [0.15, 0.2) is 0 Å². The van der Waals surface area contributed by atoms with Crippen molar-refractivity contribution in [3.05, 3.63) is 23.0 Å². The molecule has 0 aliphatic heterocycles. The number of carbonyl (C=O) groups is 1. The van der Waals surface area contributed by atoms with Crippen molar-refractivity contribution in [3.8, 4) is 6.07 Å². The van der Waals surface area contributed by atoms with E-state index in [1.54, 1.807) is 7.11 Å². The number of nitrogens with zero attached hydrogens (tertiary/aromatic N) is 3. The Morgan fingerprint density at radius 3 is 2.67 bits per heavy atom. The minimum Gasteiger partial charge on any atom is -0.469 e. The number of carbonyl (C=O) groups excluding carboxylic acids is 1. The fourth-order valence-electron chi connectivity index (χ4n) is 2.08. The van der Waals surface area contributed by atoms with Gasteiger partial charge in [-0.1, -0.05) is 0 Å². The smallest absolute Gasteiger partial charge is 0.307 e. The molecular weight excluding hydrogens is 270 g/mol. The Kier molecular flexibility index (Phi) is 6.63. The number of anilines is 1. The molecular formula is C15H21N3O3. The Labute approximate surface area is 125 Å². The van der Waals surface area contributed by atoms with Crippen molar-refractivity contribution in [2.24, 2.45) is 0 Å². The predicted octanol–water partition coefficient (Wildman–Crippen LogP) is 1.59. The highest BCUT2D eigenvalue weighted by molar-refractivity contribution is 5.70. The molecule has 0 aliphatic rings. The number of hydrogen-bond donors (Lipinski definition) is 0. The summed E-state index contributed by atoms with van der Waals surface area (Å²) < 4.78 is 9.78. The Morgan fingerprint density at radius 2 is 2.10 bits per heavy atom. The number of nitriles is 1. The van der Waals surface area contributed by atoms with Gasteiger partial charge in [0.25, 0.3) is 0 Å². The molecule has 0 saturated heterocycles. The molecule has 1 aromatic rings. The molecule has 0 N–H and O–H groups in total. The van der Waals surface area contributed by atoms with Crippen LogP contribution in [0.4, 0.5) is 5.69 Å². The largest absolute Gasteiger partial charge is 0.469 e. The van der Waals surface area contributed by atoms with E-state index in [-0.39, 0.29) is 12.4 Å². The summed E-state index contributed by atoms with van der Waals surface area (Å²) in [5.74, 6) is -0.279. The van der Waals surface area contributed by atoms with Crippen LogP contribution in [0.1, 0.15) is 23.4 Å². The van der Waals surface area contributed by atoms with Gasteiger partial charge in [-0.3, -0.25) is 9.78 Å². The molecule has 0 bridgehead atoms. The minimum atomic E-state index is -0.279. The minimum absolute atomic E-state index is 0.255. The average molecular weight is 291 g/mol. The van der Waals surface area contributed by atoms with Crippen LogP contribution in [0.25, 0.3) is 0 Å². The van der Waals surface area contributed by atoms with E-state index in [2.05, 4.69) is 15.8 Å². The number of ether oxygens (including phenoxy) is 2. The first-order valence-electron chi connectivity index (χ1n) is 6.72. The summed E-state index contributed by atoms with van der Waals surface area (Å²) in [4.78, 5) is 17.6. The molecule has 0 aromatic carbocycles. The molecule has 1 rings (SSSR count). The molecule has 114 valence electrons. The van der Waals surface area contributed by atoms with Crippen molar-refractivity contribution in [3.63, 3.8) is 0 Å². The normalized spacial score (nSPS) is 10.0. The molecule has 6 nitrogen and oxygen atoms in total. The molecule has 0 unspecified atom stereocenters. The van der Waals surface area contributed by atoms with Gasteiger partial charge in [-0.2, -0.15) is 5.26 Å². The summed E-state index contributed by atoms with van der Waals surface area (Å²) in [6.45, 7) is 5.25. The second-order valence-electron chi connectivity index (χ2n) is 4.66. The van der Waals surface area contributed by atoms with Gasteiger partial charge < -0.3 is 14.4 Å². The van der Waals surface area contributed by atoms with Gasteiger partial charge >= 0.3 is 5.97 Å². The molecule has 0 atom stereocenters. The highest BCUT2D eigenvalue weighted by atomic mass is 16.5. The fraction of sp³-hybridized carbons (Fsp3) is 0.533. The van der Waals surface area contributed by atoms with Crippen LogP contribution >= 0.6 is 0 Å². The maximum absolute atomic E-state index is 11.4. The summed E-state index contributed by atoms with van der Waals surface area (Å²) in [5, 5.41) is 9.35. The predicted molar refractivity (Wildman–Crippen MR) is 79.1 cm³/mol. The van der Waals surface area contributed by atoms with Crippen molar-refractivity contribution in [2.45, 2.75) is 20.3 Å². The zero-order chi connectivity index (χ0) is 15.8. The van der Waals surface area contributed by atoms with Crippen LogP contribution in [-0.4, -0.2) is 44.9 Å². The number of esters is 1. The number of aryl methyl sites for hydroxylation is 2. The number of hydrogen-bond acceptors (Lipinski definition) is 6. The topological polar surface area (TPSA) is 75.4 Å². The van der Waals surface area contributed by atoms with Gasteiger partial charge in [0.2, 0.25) is 0 Å². The van der Waals surface area contributed by atoms with Crippen LogP contribution in [0.5, 0.6) is 0 Å². The molecule has 0 amide bonds. The lowest BCUT2D eigenvalue weighted by atomic mass is 10.1. The molecule has 0 radical (unpaired) electrons. The van der Waals surface area contributed by atoms with E-state index in [1.165, 1.54) is 7.11 Å². The maximum atomic E-state index is 11.4. The molecule has 1 aromatic heterocycles. The number of rotatable bonds is 7. The Hall–Kier alpha value is -2.13. The van der Waals surface area contributed by atoms with Gasteiger partial charge in [-0.25, -0.2) is 0 Å². The number of pyridine rings is 1. The summed E-state index contributed by atoms with van der Waals surface area (Å²) in [5.41, 5.74) is 2.83. The van der Waals surface area contributed by atoms with Gasteiger partial charge in [0, 0.05) is 25.9 Å². The van der Waals surface area contributed by atoms with E-state index >= 15 is 0 Å². The zero-order valence-corrected chi connectivity index (χ0v) is 13.0. The quantitative estimate of drug-likeness (QED) is 0.710. The van der Waals surface area contributed by atoms with Crippen LogP contribution in [0, 0.1) is 25.2 Å². The van der Waals surface area contributed by atoms with Gasteiger partial charge in [0.1, 0.15) is 6.07 Å². The van der Waals surface area contributed by atoms with Crippen molar-refractivity contribution in [1.82, 2.24) is 4.98 Å². The second kappa shape index (κ2) is 8.22. The molecule has 1 heterocycles. The fourth-order valence-corrected chi connectivity index (χ4v) is 2.08. The number of aromatic nitrogens is 1. The lowest BCUT2D eigenvalue weighted by Gasteiger charge is -2.26. The van der Waals surface area contributed by atoms with E-state index in [4.69, 9.17) is 4.74 Å². The summed E-state index contributed by atoms with van der Waals surface area (Å²) in [6.07, 6.45) is 0.255. The maximum Gasteiger partial charge on any atom is 0.307 e. The van der Waals surface area contributed by atoms with Crippen LogP contribution in [-0.2, 0) is 14.3 Å². The van der Waals surface area contributed by atoms with Gasteiger partial charge in [-0.15, -0.1) is 0 Å². The van der Waals surface area contributed by atoms with Crippen LogP contribution in [0.3, 0.4) is 0 Å². The SMILES string of the molecule is COCCN(CCC(=O)OC)c1cc(C)nc(C)c1C#N. The Balaban J connectivity index is 3.07. The Bertz CT molecular complexity index is 538. The third-order valence-corrected chi connectivity index (χ3v) is 3.14. The molecule has 6 heteroatoms. The van der Waals surface area contributed by atoms with Gasteiger partial charge in [-0.05, 0) is 19.9 Å². The third kappa shape index (κ3) is 4.72. The lowest BCUT2D eigenvalue weighted by Crippen LogP contribution is -2.31. The summed E-state index contributed by atoms with van der Waals surface area (Å²) in [7, 11) is 2.98. The average Bonchev–Trinajstić information content (AvgIpc) is 2.46. The van der Waals surface area contributed by atoms with E-state index < -0.39 is 0 Å². The lowest BCUT2D eigenvalue weighted by molar-refractivity contribution is -0.140. The highest BCUT2D eigenvalue weighted by Gasteiger charge is 2.16. The molecule has 0 fully saturated rings. The monoisotopic (exact) mass is 291 g/mol. The van der Waals surface area contributed by atoms with Crippen molar-refractivity contribution in [2.75, 3.05) is 38.8 Å². The molecule has 0 saturated carbocycles. The summed E-state index contributed by atoms with van der Waals surface area (Å²) >= 11 is 0. The van der Waals surface area contributed by atoms with Gasteiger partial charge in [0.05, 0.1) is 37.1 Å². The van der Waals surface area contributed by atoms with Crippen molar-refractivity contribution < 1.29 is 14.3 Å². The number of methoxy groups -OCH3 is 2. The van der Waals surface area contributed by atoms with Crippen molar-refractivity contribution >= 4 is 11.7 Å². The summed E-state index contributed by atoms with van der Waals surface area (Å²) in [6, 6.07) is 4.05. The van der Waals surface area contributed by atoms with Crippen LogP contribution < -0.4 is 4.90 Å². The van der Waals surface area contributed by atoms with E-state index in [0.29, 0.717) is 31.0 Å². The van der Waals surface area contributed by atoms with E-state index in [1.807, 2.05) is 24.8 Å². The van der Waals surface area contributed by atoms with Crippen LogP contribution in [0.15, 0.2) is 6.07 Å². The molecule has 0 aliphatic carbocycles. The molecule has 21 heavy (non-hydrogen) atoms. The molecule has 0 spiro atoms. The zero-order valence-electron chi connectivity index (χ0n) is 13.0. The first kappa shape index (κ1) is 16.9. The van der Waals surface area contributed by atoms with Crippen LogP contribution in [0.2, 0.25) is 0 Å². The first-order chi connectivity index (χ1) is 10.0. The van der Waals surface area contributed by atoms with Crippen molar-refractivity contribution in [1.29, 1.82) is 5.26 Å². The standard InChI is InChI=1S/C15H21N3O3/c1-11-9-14(13(10-16)12(2)17-11)18(7-8-20-3)6-5-15(19)21-4/h9H,5-8H2,1-4H3.